The van der Waals surface area contributed by atoms with Crippen molar-refractivity contribution in [1.82, 2.24) is 19.9 Å². The Bertz CT molecular complexity index is 1070. The lowest BCUT2D eigenvalue weighted by Gasteiger charge is -2.10. The van der Waals surface area contributed by atoms with Gasteiger partial charge in [-0.1, -0.05) is 30.3 Å². The molecule has 27 heavy (non-hydrogen) atoms. The van der Waals surface area contributed by atoms with E-state index in [4.69, 9.17) is 15.5 Å². The second-order valence-electron chi connectivity index (χ2n) is 5.93. The molecule has 0 atom stereocenters. The van der Waals surface area contributed by atoms with Crippen LogP contribution >= 0.6 is 0 Å². The second-order valence-corrected chi connectivity index (χ2v) is 5.93. The zero-order chi connectivity index (χ0) is 18.6. The molecule has 2 aromatic heterocycles. The van der Waals surface area contributed by atoms with E-state index in [1.165, 1.54) is 0 Å². The Morgan fingerprint density at radius 2 is 1.74 bits per heavy atom. The van der Waals surface area contributed by atoms with E-state index >= 15 is 0 Å². The van der Waals surface area contributed by atoms with Gasteiger partial charge in [-0.3, -0.25) is 0 Å². The van der Waals surface area contributed by atoms with Gasteiger partial charge in [0, 0.05) is 12.1 Å². The fourth-order valence-electron chi connectivity index (χ4n) is 2.73. The van der Waals surface area contributed by atoms with Gasteiger partial charge in [-0.2, -0.15) is 9.97 Å². The minimum Gasteiger partial charge on any atom is -0.497 e. The van der Waals surface area contributed by atoms with Gasteiger partial charge in [0.2, 0.25) is 5.95 Å². The molecule has 2 aromatic carbocycles. The minimum absolute atomic E-state index is 0.157. The predicted molar refractivity (Wildman–Crippen MR) is 105 cm³/mol. The van der Waals surface area contributed by atoms with Crippen LogP contribution in [-0.4, -0.2) is 27.0 Å². The lowest BCUT2D eigenvalue weighted by Crippen LogP contribution is -2.07. The smallest absolute Gasteiger partial charge is 0.224 e. The Balaban J connectivity index is 1.71. The maximum absolute atomic E-state index is 5.83. The number of rotatable bonds is 5. The number of hydrogen-bond donors (Lipinski definition) is 2. The van der Waals surface area contributed by atoms with Crippen LogP contribution in [0.4, 0.5) is 11.8 Å². The number of nitrogen functional groups attached to an aromatic ring is 1. The number of benzene rings is 2. The van der Waals surface area contributed by atoms with Crippen LogP contribution in [-0.2, 0) is 6.54 Å². The van der Waals surface area contributed by atoms with Gasteiger partial charge in [0.15, 0.2) is 17.0 Å². The molecule has 0 saturated carbocycles. The first kappa shape index (κ1) is 16.7. The number of nitrogens with zero attached hydrogens (tertiary/aromatic N) is 4. The van der Waals surface area contributed by atoms with Crippen LogP contribution in [0.25, 0.3) is 22.4 Å². The molecule has 0 aliphatic rings. The van der Waals surface area contributed by atoms with Gasteiger partial charge in [0.25, 0.3) is 0 Å². The first-order valence-corrected chi connectivity index (χ1v) is 8.45. The molecular weight excluding hydrogens is 340 g/mol. The predicted octanol–water partition coefficient (Wildman–Crippen LogP) is 3.29. The molecule has 3 N–H and O–H groups in total. The minimum atomic E-state index is 0.157. The van der Waals surface area contributed by atoms with Crippen LogP contribution in [0, 0.1) is 0 Å². The van der Waals surface area contributed by atoms with Crippen LogP contribution in [0.1, 0.15) is 5.56 Å². The molecule has 7 nitrogen and oxygen atoms in total. The lowest BCUT2D eigenvalue weighted by molar-refractivity contribution is 0.415. The summed E-state index contributed by atoms with van der Waals surface area (Å²) in [6.45, 7) is 0.598. The molecule has 0 aliphatic heterocycles. The van der Waals surface area contributed by atoms with Crippen molar-refractivity contribution < 1.29 is 4.74 Å². The largest absolute Gasteiger partial charge is 0.497 e. The molecule has 4 aromatic rings. The SMILES string of the molecule is COc1ccc(-c2cnc3nc(N)nc(NCc4ccccc4)c3n2)cc1. The van der Waals surface area contributed by atoms with Crippen molar-refractivity contribution in [2.24, 2.45) is 0 Å². The quantitative estimate of drug-likeness (QED) is 0.565. The van der Waals surface area contributed by atoms with Crippen LogP contribution in [0.5, 0.6) is 5.75 Å². The molecule has 0 radical (unpaired) electrons. The fraction of sp³-hybridized carbons (Fsp3) is 0.100. The summed E-state index contributed by atoms with van der Waals surface area (Å²) < 4.78 is 5.20. The van der Waals surface area contributed by atoms with Gasteiger partial charge in [-0.05, 0) is 29.8 Å². The maximum Gasteiger partial charge on any atom is 0.224 e. The van der Waals surface area contributed by atoms with Crippen molar-refractivity contribution in [3.63, 3.8) is 0 Å². The van der Waals surface area contributed by atoms with E-state index in [1.807, 2.05) is 54.6 Å². The summed E-state index contributed by atoms with van der Waals surface area (Å²) in [5.74, 6) is 1.50. The Morgan fingerprint density at radius 3 is 2.48 bits per heavy atom. The third kappa shape index (κ3) is 3.62. The van der Waals surface area contributed by atoms with Crippen molar-refractivity contribution in [2.45, 2.75) is 6.54 Å². The molecule has 0 amide bonds. The summed E-state index contributed by atoms with van der Waals surface area (Å²) in [6, 6.07) is 17.7. The van der Waals surface area contributed by atoms with Crippen molar-refractivity contribution in [1.29, 1.82) is 0 Å². The number of hydrogen-bond acceptors (Lipinski definition) is 7. The standard InChI is InChI=1S/C20H18N6O/c1-27-15-9-7-14(8-10-15)16-12-23-19-17(24-16)18(25-20(21)26-19)22-11-13-5-3-2-4-6-13/h2-10,12H,11H2,1H3,(H3,21,22,23,25,26). The molecule has 0 saturated heterocycles. The summed E-state index contributed by atoms with van der Waals surface area (Å²) in [5, 5.41) is 3.29. The van der Waals surface area contributed by atoms with Gasteiger partial charge in [-0.15, -0.1) is 0 Å². The fourth-order valence-corrected chi connectivity index (χ4v) is 2.73. The maximum atomic E-state index is 5.83. The van der Waals surface area contributed by atoms with Gasteiger partial charge < -0.3 is 15.8 Å². The molecule has 0 bridgehead atoms. The van der Waals surface area contributed by atoms with Crippen LogP contribution in [0.2, 0.25) is 0 Å². The van der Waals surface area contributed by atoms with E-state index < -0.39 is 0 Å². The number of nitrogens with one attached hydrogen (secondary N) is 1. The summed E-state index contributed by atoms with van der Waals surface area (Å²) in [4.78, 5) is 17.6. The first-order chi connectivity index (χ1) is 13.2. The molecule has 134 valence electrons. The summed E-state index contributed by atoms with van der Waals surface area (Å²) in [7, 11) is 1.64. The van der Waals surface area contributed by atoms with Gasteiger partial charge in [0.1, 0.15) is 5.75 Å². The Hall–Kier alpha value is -3.74. The molecule has 0 unspecified atom stereocenters. The Labute approximate surface area is 156 Å². The average molecular weight is 358 g/mol. The number of fused-ring (bicyclic) bond motifs is 1. The first-order valence-electron chi connectivity index (χ1n) is 8.45. The Morgan fingerprint density at radius 1 is 0.963 bits per heavy atom. The highest BCUT2D eigenvalue weighted by molar-refractivity contribution is 5.85. The van der Waals surface area contributed by atoms with E-state index in [9.17, 15) is 0 Å². The third-order valence-corrected chi connectivity index (χ3v) is 4.11. The Kier molecular flexibility index (Phi) is 4.49. The zero-order valence-corrected chi connectivity index (χ0v) is 14.8. The molecular formula is C20H18N6O. The summed E-state index contributed by atoms with van der Waals surface area (Å²) in [6.07, 6.45) is 1.68. The second kappa shape index (κ2) is 7.25. The van der Waals surface area contributed by atoms with Gasteiger partial charge >= 0.3 is 0 Å². The highest BCUT2D eigenvalue weighted by atomic mass is 16.5. The number of methoxy groups -OCH3 is 1. The summed E-state index contributed by atoms with van der Waals surface area (Å²) >= 11 is 0. The summed E-state index contributed by atoms with van der Waals surface area (Å²) in [5.41, 5.74) is 9.64. The number of nitrogens with two attached hydrogens (primary N) is 1. The highest BCUT2D eigenvalue weighted by Gasteiger charge is 2.11. The molecule has 4 rings (SSSR count). The topological polar surface area (TPSA) is 98.8 Å². The van der Waals surface area contributed by atoms with E-state index in [-0.39, 0.29) is 5.95 Å². The number of aromatic nitrogens is 4. The molecule has 0 aliphatic carbocycles. The van der Waals surface area contributed by atoms with Gasteiger partial charge in [-0.25, -0.2) is 9.97 Å². The van der Waals surface area contributed by atoms with Crippen LogP contribution in [0.3, 0.4) is 0 Å². The van der Waals surface area contributed by atoms with E-state index in [0.29, 0.717) is 23.5 Å². The molecule has 2 heterocycles. The normalized spacial score (nSPS) is 10.7. The zero-order valence-electron chi connectivity index (χ0n) is 14.8. The molecule has 7 heteroatoms. The monoisotopic (exact) mass is 358 g/mol. The van der Waals surface area contributed by atoms with Crippen molar-refractivity contribution in [2.75, 3.05) is 18.2 Å². The van der Waals surface area contributed by atoms with Gasteiger partial charge in [0.05, 0.1) is 19.0 Å². The average Bonchev–Trinajstić information content (AvgIpc) is 2.72. The van der Waals surface area contributed by atoms with E-state index in [1.54, 1.807) is 13.3 Å². The highest BCUT2D eigenvalue weighted by Crippen LogP contribution is 2.24. The molecule has 0 spiro atoms. The van der Waals surface area contributed by atoms with Crippen molar-refractivity contribution in [3.8, 4) is 17.0 Å². The van der Waals surface area contributed by atoms with E-state index in [0.717, 1.165) is 22.6 Å². The lowest BCUT2D eigenvalue weighted by atomic mass is 10.1. The number of ether oxygens (including phenoxy) is 1. The van der Waals surface area contributed by atoms with Crippen molar-refractivity contribution in [3.05, 3.63) is 66.4 Å². The third-order valence-electron chi connectivity index (χ3n) is 4.11. The van der Waals surface area contributed by atoms with Crippen LogP contribution in [0.15, 0.2) is 60.8 Å². The number of anilines is 2. The van der Waals surface area contributed by atoms with Crippen molar-refractivity contribution >= 4 is 22.9 Å². The molecule has 0 fully saturated rings. The van der Waals surface area contributed by atoms with Crippen LogP contribution < -0.4 is 15.8 Å². The van der Waals surface area contributed by atoms with E-state index in [2.05, 4.69) is 20.3 Å².